The largest absolute Gasteiger partial charge is 0.508 e. The fourth-order valence-electron chi connectivity index (χ4n) is 3.85. The Morgan fingerprint density at radius 1 is 1.12 bits per heavy atom. The summed E-state index contributed by atoms with van der Waals surface area (Å²) in [4.78, 5) is 42.2. The van der Waals surface area contributed by atoms with Gasteiger partial charge in [0.05, 0.1) is 0 Å². The molecule has 1 aliphatic heterocycles. The van der Waals surface area contributed by atoms with Crippen molar-refractivity contribution >= 4 is 29.5 Å². The van der Waals surface area contributed by atoms with Crippen molar-refractivity contribution in [2.45, 2.75) is 55.5 Å². The summed E-state index contributed by atoms with van der Waals surface area (Å²) < 4.78 is 0. The number of carbonyl (C=O) groups is 3. The molecular weight excluding hydrogens is 428 g/mol. The number of thioether (sulfide) groups is 1. The molecule has 2 N–H and O–H groups in total. The van der Waals surface area contributed by atoms with Gasteiger partial charge in [0, 0.05) is 29.8 Å². The van der Waals surface area contributed by atoms with E-state index in [1.165, 1.54) is 28.8 Å². The maximum atomic E-state index is 13.8. The molecule has 1 heterocycles. The minimum atomic E-state index is -1.20. The molecule has 2 atom stereocenters. The number of Topliss-reactive ketones (excluding diaryl/α,β-unsaturated/α-hetero) is 1. The van der Waals surface area contributed by atoms with Gasteiger partial charge in [0.1, 0.15) is 17.2 Å². The van der Waals surface area contributed by atoms with E-state index in [9.17, 15) is 24.6 Å². The molecule has 1 fully saturated rings. The highest BCUT2D eigenvalue weighted by atomic mass is 32.2. The topological polar surface area (TPSA) is 98.2 Å². The van der Waals surface area contributed by atoms with Crippen LogP contribution in [0.25, 0.3) is 0 Å². The Morgan fingerprint density at radius 2 is 1.75 bits per heavy atom. The molecule has 2 aromatic rings. The molecule has 3 rings (SSSR count). The summed E-state index contributed by atoms with van der Waals surface area (Å²) in [7, 11) is 0. The minimum Gasteiger partial charge on any atom is -0.508 e. The Bertz CT molecular complexity index is 972. The lowest BCUT2D eigenvalue weighted by molar-refractivity contribution is -0.138. The van der Waals surface area contributed by atoms with E-state index in [0.29, 0.717) is 0 Å². The van der Waals surface area contributed by atoms with Crippen LogP contribution in [0.3, 0.4) is 0 Å². The Labute approximate surface area is 192 Å². The third-order valence-corrected chi connectivity index (χ3v) is 6.61. The van der Waals surface area contributed by atoms with Gasteiger partial charge in [-0.25, -0.2) is 4.79 Å². The number of rotatable bonds is 6. The van der Waals surface area contributed by atoms with E-state index in [1.54, 1.807) is 32.9 Å². The zero-order chi connectivity index (χ0) is 23.5. The molecule has 0 saturated carbocycles. The van der Waals surface area contributed by atoms with Gasteiger partial charge in [0.2, 0.25) is 5.91 Å². The zero-order valence-electron chi connectivity index (χ0n) is 18.4. The summed E-state index contributed by atoms with van der Waals surface area (Å²) in [5.41, 5.74) is -0.121. The number of nitrogens with zero attached hydrogens (tertiary/aromatic N) is 2. The van der Waals surface area contributed by atoms with Gasteiger partial charge in [-0.1, -0.05) is 42.1 Å². The van der Waals surface area contributed by atoms with Gasteiger partial charge in [0.15, 0.2) is 5.78 Å². The van der Waals surface area contributed by atoms with Gasteiger partial charge >= 0.3 is 6.09 Å². The number of hydrogen-bond acceptors (Lipinski definition) is 5. The molecule has 0 spiro atoms. The number of ketones is 1. The number of hydrogen-bond donors (Lipinski definition) is 2. The van der Waals surface area contributed by atoms with Crippen LogP contribution in [0.2, 0.25) is 0 Å². The molecule has 0 radical (unpaired) electrons. The molecule has 0 aliphatic carbocycles. The molecule has 2 aromatic carbocycles. The van der Waals surface area contributed by atoms with Crippen molar-refractivity contribution in [2.24, 2.45) is 0 Å². The SMILES string of the molecule is CC(C)(C)N(C(=O)O)[C@@H](Cc1ccc(O)cc1)C(=O)N1CCC(=O)[C@@H]1Sc1ccccc1. The molecule has 0 aromatic heterocycles. The lowest BCUT2D eigenvalue weighted by atomic mass is 9.97. The van der Waals surface area contributed by atoms with E-state index < -0.39 is 29.0 Å². The number of phenolic OH excluding ortho intramolecular Hbond substituents is 1. The zero-order valence-corrected chi connectivity index (χ0v) is 19.2. The molecule has 0 bridgehead atoms. The van der Waals surface area contributed by atoms with Crippen LogP contribution < -0.4 is 0 Å². The van der Waals surface area contributed by atoms with Crippen LogP contribution in [-0.4, -0.2) is 61.3 Å². The van der Waals surface area contributed by atoms with Crippen LogP contribution in [0, 0.1) is 0 Å². The normalized spacial score (nSPS) is 17.3. The van der Waals surface area contributed by atoms with E-state index in [-0.39, 0.29) is 30.9 Å². The minimum absolute atomic E-state index is 0.0479. The van der Waals surface area contributed by atoms with Crippen LogP contribution in [-0.2, 0) is 16.0 Å². The second kappa shape index (κ2) is 9.65. The van der Waals surface area contributed by atoms with Crippen LogP contribution in [0.5, 0.6) is 5.75 Å². The molecule has 32 heavy (non-hydrogen) atoms. The molecule has 7 nitrogen and oxygen atoms in total. The Kier molecular flexibility index (Phi) is 7.13. The molecule has 1 aliphatic rings. The van der Waals surface area contributed by atoms with E-state index in [1.807, 2.05) is 30.3 Å². The number of phenols is 1. The monoisotopic (exact) mass is 456 g/mol. The number of aromatic hydroxyl groups is 1. The maximum Gasteiger partial charge on any atom is 0.408 e. The highest BCUT2D eigenvalue weighted by Crippen LogP contribution is 2.33. The van der Waals surface area contributed by atoms with Crippen molar-refractivity contribution in [3.63, 3.8) is 0 Å². The Morgan fingerprint density at radius 3 is 2.31 bits per heavy atom. The highest BCUT2D eigenvalue weighted by molar-refractivity contribution is 8.00. The maximum absolute atomic E-state index is 13.8. The standard InChI is InChI=1S/C24H28N2O5S/c1-24(2,3)26(23(30)31)19(15-16-9-11-17(27)12-10-16)21(29)25-14-13-20(28)22(25)32-18-7-5-4-6-8-18/h4-12,19,22,27H,13-15H2,1-3H3,(H,30,31)/t19-,22-/m0/s1. The summed E-state index contributed by atoms with van der Waals surface area (Å²) in [5, 5.41) is 18.9. The number of carboxylic acid groups (broad SMARTS) is 1. The van der Waals surface area contributed by atoms with Crippen molar-refractivity contribution in [1.29, 1.82) is 0 Å². The predicted molar refractivity (Wildman–Crippen MR) is 123 cm³/mol. The van der Waals surface area contributed by atoms with E-state index in [0.717, 1.165) is 15.4 Å². The van der Waals surface area contributed by atoms with Gasteiger partial charge < -0.3 is 15.1 Å². The first-order chi connectivity index (χ1) is 15.1. The average molecular weight is 457 g/mol. The first-order valence-corrected chi connectivity index (χ1v) is 11.3. The van der Waals surface area contributed by atoms with Crippen molar-refractivity contribution < 1.29 is 24.6 Å². The van der Waals surface area contributed by atoms with Gasteiger partial charge in [-0.05, 0) is 50.6 Å². The fraction of sp³-hybridized carbons (Fsp3) is 0.375. The quantitative estimate of drug-likeness (QED) is 0.682. The van der Waals surface area contributed by atoms with E-state index >= 15 is 0 Å². The summed E-state index contributed by atoms with van der Waals surface area (Å²) in [6.07, 6.45) is -0.826. The number of likely N-dealkylation sites (tertiary alicyclic amines) is 1. The van der Waals surface area contributed by atoms with Gasteiger partial charge in [-0.2, -0.15) is 0 Å². The number of amides is 2. The summed E-state index contributed by atoms with van der Waals surface area (Å²) >= 11 is 1.31. The lowest BCUT2D eigenvalue weighted by Crippen LogP contribution is -2.58. The van der Waals surface area contributed by atoms with Crippen molar-refractivity contribution in [2.75, 3.05) is 6.54 Å². The van der Waals surface area contributed by atoms with E-state index in [4.69, 9.17) is 0 Å². The molecule has 170 valence electrons. The average Bonchev–Trinajstić information content (AvgIpc) is 3.08. The van der Waals surface area contributed by atoms with E-state index in [2.05, 4.69) is 0 Å². The summed E-state index contributed by atoms with van der Waals surface area (Å²) in [6.45, 7) is 5.47. The Hall–Kier alpha value is -3.00. The van der Waals surface area contributed by atoms with Crippen LogP contribution in [0.4, 0.5) is 4.79 Å². The van der Waals surface area contributed by atoms with Crippen molar-refractivity contribution in [1.82, 2.24) is 9.80 Å². The number of carbonyl (C=O) groups excluding carboxylic acids is 2. The molecular formula is C24H28N2O5S. The lowest BCUT2D eigenvalue weighted by Gasteiger charge is -2.41. The van der Waals surface area contributed by atoms with Crippen LogP contribution in [0.1, 0.15) is 32.8 Å². The summed E-state index contributed by atoms with van der Waals surface area (Å²) in [5.74, 6) is -0.352. The van der Waals surface area contributed by atoms with Crippen molar-refractivity contribution in [3.05, 3.63) is 60.2 Å². The number of benzene rings is 2. The van der Waals surface area contributed by atoms with Crippen LogP contribution in [0.15, 0.2) is 59.5 Å². The highest BCUT2D eigenvalue weighted by Gasteiger charge is 2.44. The molecule has 8 heteroatoms. The summed E-state index contributed by atoms with van der Waals surface area (Å²) in [6, 6.07) is 14.7. The molecule has 1 saturated heterocycles. The predicted octanol–water partition coefficient (Wildman–Crippen LogP) is 4.00. The smallest absolute Gasteiger partial charge is 0.408 e. The van der Waals surface area contributed by atoms with Gasteiger partial charge in [-0.3, -0.25) is 14.5 Å². The van der Waals surface area contributed by atoms with Gasteiger partial charge in [0.25, 0.3) is 0 Å². The fourth-order valence-corrected chi connectivity index (χ4v) is 5.01. The second-order valence-electron chi connectivity index (χ2n) is 8.74. The molecule has 0 unspecified atom stereocenters. The third kappa shape index (κ3) is 5.43. The second-order valence-corrected chi connectivity index (χ2v) is 9.89. The van der Waals surface area contributed by atoms with Crippen molar-refractivity contribution in [3.8, 4) is 5.75 Å². The first-order valence-electron chi connectivity index (χ1n) is 10.4. The first kappa shape index (κ1) is 23.7. The Balaban J connectivity index is 1.94. The van der Waals surface area contributed by atoms with Gasteiger partial charge in [-0.15, -0.1) is 0 Å². The third-order valence-electron chi connectivity index (χ3n) is 5.32. The molecule has 2 amide bonds. The van der Waals surface area contributed by atoms with Crippen LogP contribution >= 0.6 is 11.8 Å².